The lowest BCUT2D eigenvalue weighted by Crippen LogP contribution is -2.35. The van der Waals surface area contributed by atoms with Crippen LogP contribution >= 0.6 is 0 Å². The van der Waals surface area contributed by atoms with Gasteiger partial charge in [-0.25, -0.2) is 19.8 Å². The number of amides is 1. The van der Waals surface area contributed by atoms with Gasteiger partial charge >= 0.3 is 0 Å². The fourth-order valence-corrected chi connectivity index (χ4v) is 2.59. The Kier molecular flexibility index (Phi) is 5.20. The van der Waals surface area contributed by atoms with E-state index in [1.54, 1.807) is 43.6 Å². The van der Waals surface area contributed by atoms with E-state index in [1.165, 1.54) is 22.0 Å². The first-order valence-electron chi connectivity index (χ1n) is 8.05. The van der Waals surface area contributed by atoms with Gasteiger partial charge in [-0.1, -0.05) is 24.1 Å². The summed E-state index contributed by atoms with van der Waals surface area (Å²) in [6.45, 7) is 9.00. The van der Waals surface area contributed by atoms with E-state index in [0.29, 0.717) is 23.0 Å². The molecule has 0 spiro atoms. The quantitative estimate of drug-likeness (QED) is 0.517. The molecule has 1 unspecified atom stereocenters. The van der Waals surface area contributed by atoms with Crippen molar-refractivity contribution < 1.29 is 4.79 Å². The molecule has 0 aliphatic heterocycles. The van der Waals surface area contributed by atoms with Gasteiger partial charge in [-0.15, -0.1) is 6.42 Å². The molecule has 0 aliphatic carbocycles. The highest BCUT2D eigenvalue weighted by Crippen LogP contribution is 2.23. The molecule has 3 rings (SSSR count). The molecule has 3 aromatic rings. The summed E-state index contributed by atoms with van der Waals surface area (Å²) in [7, 11) is 0. The molecule has 1 aromatic carbocycles. The van der Waals surface area contributed by atoms with E-state index in [4.69, 9.17) is 13.0 Å². The predicted octanol–water partition coefficient (Wildman–Crippen LogP) is 2.44. The Balaban J connectivity index is 1.97. The highest BCUT2D eigenvalue weighted by Gasteiger charge is 2.26. The zero-order chi connectivity index (χ0) is 19.2. The minimum Gasteiger partial charge on any atom is -0.318 e. The van der Waals surface area contributed by atoms with Crippen LogP contribution in [0.2, 0.25) is 0 Å². The van der Waals surface area contributed by atoms with Crippen molar-refractivity contribution in [2.24, 2.45) is 0 Å². The van der Waals surface area contributed by atoms with E-state index in [-0.39, 0.29) is 12.5 Å². The van der Waals surface area contributed by atoms with E-state index in [2.05, 4.69) is 30.8 Å². The molecule has 0 saturated carbocycles. The van der Waals surface area contributed by atoms with Gasteiger partial charge in [-0.05, 0) is 19.1 Å². The van der Waals surface area contributed by atoms with Gasteiger partial charge in [0, 0.05) is 18.0 Å². The predicted molar refractivity (Wildman–Crippen MR) is 97.9 cm³/mol. The number of terminal acetylenes is 1. The summed E-state index contributed by atoms with van der Waals surface area (Å²) in [6, 6.07) is 7.70. The smallest absolute Gasteiger partial charge is 0.253 e. The Hall–Kier alpha value is -4.04. The molecule has 0 N–H and O–H groups in total. The first kappa shape index (κ1) is 17.8. The Morgan fingerprint density at radius 2 is 2.11 bits per heavy atom. The molecule has 1 atom stereocenters. The first-order chi connectivity index (χ1) is 13.2. The van der Waals surface area contributed by atoms with Gasteiger partial charge in [-0.3, -0.25) is 4.79 Å². The maximum absolute atomic E-state index is 13.0. The highest BCUT2D eigenvalue weighted by molar-refractivity contribution is 5.95. The second kappa shape index (κ2) is 7.89. The Bertz CT molecular complexity index is 1030. The van der Waals surface area contributed by atoms with Gasteiger partial charge in [0.05, 0.1) is 19.2 Å². The highest BCUT2D eigenvalue weighted by atomic mass is 16.2. The van der Waals surface area contributed by atoms with Crippen molar-refractivity contribution in [1.29, 1.82) is 0 Å². The molecule has 2 heterocycles. The van der Waals surface area contributed by atoms with E-state index < -0.39 is 6.04 Å². The second-order valence-electron chi connectivity index (χ2n) is 5.55. The molecule has 1 amide bonds. The van der Waals surface area contributed by atoms with E-state index in [1.807, 2.05) is 0 Å². The summed E-state index contributed by atoms with van der Waals surface area (Å²) in [5.41, 5.74) is 0.766. The first-order valence-corrected chi connectivity index (χ1v) is 8.05. The van der Waals surface area contributed by atoms with Crippen LogP contribution in [0.25, 0.3) is 10.8 Å². The molecule has 27 heavy (non-hydrogen) atoms. The maximum atomic E-state index is 13.0. The van der Waals surface area contributed by atoms with Crippen molar-refractivity contribution in [2.75, 3.05) is 6.54 Å². The number of rotatable bonds is 5. The van der Waals surface area contributed by atoms with Crippen LogP contribution in [0, 0.1) is 18.9 Å². The third-order valence-corrected chi connectivity index (χ3v) is 3.90. The number of aromatic nitrogens is 5. The lowest BCUT2D eigenvalue weighted by atomic mass is 10.1. The Labute approximate surface area is 156 Å². The van der Waals surface area contributed by atoms with Gasteiger partial charge < -0.3 is 4.90 Å². The molecule has 0 radical (unpaired) electrons. The summed E-state index contributed by atoms with van der Waals surface area (Å²) in [6.07, 6.45) is 10.0. The summed E-state index contributed by atoms with van der Waals surface area (Å²) >= 11 is 0. The molecule has 0 fully saturated rings. The molecule has 2 aromatic heterocycles. The van der Waals surface area contributed by atoms with Crippen LogP contribution in [0.4, 0.5) is 5.69 Å². The van der Waals surface area contributed by atoms with Crippen LogP contribution in [0.5, 0.6) is 0 Å². The third-order valence-electron chi connectivity index (χ3n) is 3.90. The summed E-state index contributed by atoms with van der Waals surface area (Å²) < 4.78 is 1.47. The van der Waals surface area contributed by atoms with Crippen molar-refractivity contribution in [1.82, 2.24) is 29.6 Å². The van der Waals surface area contributed by atoms with Gasteiger partial charge in [0.25, 0.3) is 11.9 Å². The van der Waals surface area contributed by atoms with E-state index >= 15 is 0 Å². The Morgan fingerprint density at radius 1 is 1.33 bits per heavy atom. The van der Waals surface area contributed by atoms with E-state index in [9.17, 15) is 4.79 Å². The molecule has 0 aliphatic rings. The fourth-order valence-electron chi connectivity index (χ4n) is 2.59. The largest absolute Gasteiger partial charge is 0.318 e. The topological polar surface area (TPSA) is 81.2 Å². The maximum Gasteiger partial charge on any atom is 0.253 e. The number of carbonyl (C=O) groups excluding carboxylic acids is 1. The zero-order valence-corrected chi connectivity index (χ0v) is 14.5. The van der Waals surface area contributed by atoms with Gasteiger partial charge in [0.2, 0.25) is 0 Å². The Morgan fingerprint density at radius 3 is 2.81 bits per heavy atom. The van der Waals surface area contributed by atoms with Crippen molar-refractivity contribution >= 4 is 11.6 Å². The van der Waals surface area contributed by atoms with Gasteiger partial charge in [-0.2, -0.15) is 9.78 Å². The molecule has 132 valence electrons. The number of hydrogen-bond donors (Lipinski definition) is 0. The normalized spacial score (nSPS) is 11.2. The van der Waals surface area contributed by atoms with Crippen LogP contribution in [-0.2, 0) is 0 Å². The monoisotopic (exact) mass is 357 g/mol. The lowest BCUT2D eigenvalue weighted by molar-refractivity contribution is 0.0710. The third kappa shape index (κ3) is 3.65. The summed E-state index contributed by atoms with van der Waals surface area (Å²) in [4.78, 5) is 30.5. The molecular formula is C19H15N7O. The SMILES string of the molecule is [C-]#[N+]c1cccc(C(=O)N(CC#C)C(C)c2ncnn2-c2ncccn2)c1. The van der Waals surface area contributed by atoms with Gasteiger partial charge in [0.1, 0.15) is 6.33 Å². The number of hydrogen-bond acceptors (Lipinski definition) is 5. The van der Waals surface area contributed by atoms with Crippen molar-refractivity contribution in [3.8, 4) is 18.3 Å². The zero-order valence-electron chi connectivity index (χ0n) is 14.5. The van der Waals surface area contributed by atoms with Crippen LogP contribution in [-0.4, -0.2) is 42.1 Å². The van der Waals surface area contributed by atoms with Crippen LogP contribution in [0.15, 0.2) is 49.1 Å². The number of benzene rings is 1. The summed E-state index contributed by atoms with van der Waals surface area (Å²) in [5.74, 6) is 3.03. The number of carbonyl (C=O) groups is 1. The van der Waals surface area contributed by atoms with Crippen molar-refractivity contribution in [3.05, 3.63) is 71.9 Å². The standard InChI is InChI=1S/C19H15N7O/c1-4-11-25(18(27)15-7-5-8-16(12-15)20-3)14(2)17-23-13-24-26(17)19-21-9-6-10-22-19/h1,5-10,12-14H,11H2,2H3. The van der Waals surface area contributed by atoms with Crippen LogP contribution < -0.4 is 0 Å². The molecule has 8 nitrogen and oxygen atoms in total. The fraction of sp³-hybridized carbons (Fsp3) is 0.158. The van der Waals surface area contributed by atoms with Crippen LogP contribution in [0.3, 0.4) is 0 Å². The minimum absolute atomic E-state index is 0.0742. The number of nitrogens with zero attached hydrogens (tertiary/aromatic N) is 7. The van der Waals surface area contributed by atoms with E-state index in [0.717, 1.165) is 0 Å². The second-order valence-corrected chi connectivity index (χ2v) is 5.55. The lowest BCUT2D eigenvalue weighted by Gasteiger charge is -2.27. The molecule has 0 saturated heterocycles. The average Bonchev–Trinajstić information content (AvgIpc) is 3.21. The van der Waals surface area contributed by atoms with Crippen molar-refractivity contribution in [3.63, 3.8) is 0 Å². The van der Waals surface area contributed by atoms with Crippen molar-refractivity contribution in [2.45, 2.75) is 13.0 Å². The average molecular weight is 357 g/mol. The summed E-state index contributed by atoms with van der Waals surface area (Å²) in [5, 5.41) is 4.16. The molecule has 8 heteroatoms. The van der Waals surface area contributed by atoms with Gasteiger partial charge in [0.15, 0.2) is 11.5 Å². The molecule has 0 bridgehead atoms. The van der Waals surface area contributed by atoms with Crippen LogP contribution in [0.1, 0.15) is 29.1 Å². The minimum atomic E-state index is -0.489. The molecular weight excluding hydrogens is 342 g/mol.